The van der Waals surface area contributed by atoms with Gasteiger partial charge in [-0.2, -0.15) is 0 Å². The van der Waals surface area contributed by atoms with Gasteiger partial charge in [0.1, 0.15) is 11.6 Å². The minimum Gasteiger partial charge on any atom is -0.306 e. The second kappa shape index (κ2) is 6.86. The van der Waals surface area contributed by atoms with Crippen LogP contribution in [-0.2, 0) is 0 Å². The van der Waals surface area contributed by atoms with Gasteiger partial charge < -0.3 is 5.32 Å². The van der Waals surface area contributed by atoms with E-state index < -0.39 is 6.04 Å². The monoisotopic (exact) mass is 373 g/mol. The van der Waals surface area contributed by atoms with E-state index in [-0.39, 0.29) is 16.7 Å². The lowest BCUT2D eigenvalue weighted by Gasteiger charge is -2.21. The van der Waals surface area contributed by atoms with Crippen LogP contribution in [0.4, 0.5) is 8.78 Å². The molecule has 0 amide bonds. The third-order valence-corrected chi connectivity index (χ3v) is 4.09. The molecule has 1 unspecified atom stereocenters. The molecule has 0 heterocycles. The van der Waals surface area contributed by atoms with Gasteiger partial charge in [0.25, 0.3) is 0 Å². The average molecular weight is 375 g/mol. The molecule has 0 aliphatic rings. The highest BCUT2D eigenvalue weighted by Gasteiger charge is 2.21. The molecule has 112 valence electrons. The van der Waals surface area contributed by atoms with E-state index in [1.165, 1.54) is 12.1 Å². The van der Waals surface area contributed by atoms with Crippen LogP contribution in [0.15, 0.2) is 34.8 Å². The van der Waals surface area contributed by atoms with Crippen molar-refractivity contribution in [2.45, 2.75) is 19.9 Å². The van der Waals surface area contributed by atoms with Gasteiger partial charge in [-0.25, -0.2) is 8.78 Å². The maximum atomic E-state index is 14.2. The standard InChI is InChI=1S/C16H15BrClF2N/c1-3-21-16(12-7-10(17)4-5-14(12)19)11-6-9(2)15(20)8-13(11)18/h4-8,16,21H,3H2,1-2H3. The topological polar surface area (TPSA) is 12.0 Å². The molecule has 0 radical (unpaired) electrons. The SMILES string of the molecule is CCNC(c1cc(Br)ccc1F)c1cc(C)c(F)cc1Cl. The van der Waals surface area contributed by atoms with Crippen LogP contribution in [0.25, 0.3) is 0 Å². The Morgan fingerprint density at radius 2 is 1.86 bits per heavy atom. The van der Waals surface area contributed by atoms with E-state index in [4.69, 9.17) is 11.6 Å². The molecule has 2 aromatic carbocycles. The molecule has 1 atom stereocenters. The van der Waals surface area contributed by atoms with Crippen LogP contribution < -0.4 is 5.32 Å². The fraction of sp³-hybridized carbons (Fsp3) is 0.250. The molecule has 0 aliphatic heterocycles. The van der Waals surface area contributed by atoms with E-state index in [1.807, 2.05) is 6.92 Å². The summed E-state index contributed by atoms with van der Waals surface area (Å²) in [5.41, 5.74) is 1.61. The van der Waals surface area contributed by atoms with E-state index in [2.05, 4.69) is 21.2 Å². The van der Waals surface area contributed by atoms with Crippen molar-refractivity contribution in [3.8, 4) is 0 Å². The van der Waals surface area contributed by atoms with Gasteiger partial charge >= 0.3 is 0 Å². The van der Waals surface area contributed by atoms with E-state index in [9.17, 15) is 8.78 Å². The minimum atomic E-state index is -0.431. The molecule has 21 heavy (non-hydrogen) atoms. The molecule has 2 aromatic rings. The number of halogens is 4. The van der Waals surface area contributed by atoms with Gasteiger partial charge in [-0.05, 0) is 54.9 Å². The lowest BCUT2D eigenvalue weighted by atomic mass is 9.96. The first kappa shape index (κ1) is 16.4. The Bertz CT molecular complexity index is 661. The van der Waals surface area contributed by atoms with Crippen LogP contribution in [0.3, 0.4) is 0 Å². The van der Waals surface area contributed by atoms with Gasteiger partial charge in [0.05, 0.1) is 6.04 Å². The predicted molar refractivity (Wildman–Crippen MR) is 85.8 cm³/mol. The number of benzene rings is 2. The largest absolute Gasteiger partial charge is 0.306 e. The molecule has 0 spiro atoms. The van der Waals surface area contributed by atoms with Crippen molar-refractivity contribution >= 4 is 27.5 Å². The fourth-order valence-electron chi connectivity index (χ4n) is 2.23. The van der Waals surface area contributed by atoms with Crippen LogP contribution in [0.2, 0.25) is 5.02 Å². The van der Waals surface area contributed by atoms with Gasteiger partial charge in [0, 0.05) is 15.1 Å². The Morgan fingerprint density at radius 1 is 1.14 bits per heavy atom. The van der Waals surface area contributed by atoms with Crippen molar-refractivity contribution in [2.24, 2.45) is 0 Å². The molecule has 5 heteroatoms. The molecule has 1 nitrogen and oxygen atoms in total. The normalized spacial score (nSPS) is 12.5. The third kappa shape index (κ3) is 3.62. The molecule has 0 bridgehead atoms. The Hall–Kier alpha value is -0.970. The van der Waals surface area contributed by atoms with E-state index in [1.54, 1.807) is 25.1 Å². The minimum absolute atomic E-state index is 0.281. The van der Waals surface area contributed by atoms with Crippen molar-refractivity contribution in [3.05, 3.63) is 68.2 Å². The Morgan fingerprint density at radius 3 is 2.52 bits per heavy atom. The van der Waals surface area contributed by atoms with E-state index >= 15 is 0 Å². The molecule has 0 saturated heterocycles. The first-order chi connectivity index (χ1) is 9.93. The van der Waals surface area contributed by atoms with Crippen molar-refractivity contribution in [1.82, 2.24) is 5.32 Å². The lowest BCUT2D eigenvalue weighted by Crippen LogP contribution is -2.23. The molecule has 0 fully saturated rings. The summed E-state index contributed by atoms with van der Waals surface area (Å²) < 4.78 is 28.5. The molecule has 0 aliphatic carbocycles. The molecule has 1 N–H and O–H groups in total. The highest BCUT2D eigenvalue weighted by Crippen LogP contribution is 2.32. The number of hydrogen-bond donors (Lipinski definition) is 1. The maximum absolute atomic E-state index is 14.2. The second-order valence-electron chi connectivity index (χ2n) is 4.78. The predicted octanol–water partition coefficient (Wildman–Crippen LogP) is 5.39. The molecule has 2 rings (SSSR count). The molecular formula is C16H15BrClF2N. The lowest BCUT2D eigenvalue weighted by molar-refractivity contribution is 0.556. The Balaban J connectivity index is 2.58. The average Bonchev–Trinajstić information content (AvgIpc) is 2.43. The Labute approximate surface area is 136 Å². The number of hydrogen-bond acceptors (Lipinski definition) is 1. The summed E-state index contributed by atoms with van der Waals surface area (Å²) in [7, 11) is 0. The van der Waals surface area contributed by atoms with Crippen molar-refractivity contribution < 1.29 is 8.78 Å². The number of aryl methyl sites for hydroxylation is 1. The third-order valence-electron chi connectivity index (χ3n) is 3.27. The maximum Gasteiger partial charge on any atom is 0.128 e. The molecular weight excluding hydrogens is 360 g/mol. The summed E-state index contributed by atoms with van der Waals surface area (Å²) in [6.45, 7) is 4.21. The van der Waals surface area contributed by atoms with Crippen LogP contribution in [0.1, 0.15) is 29.7 Å². The summed E-state index contributed by atoms with van der Waals surface area (Å²) in [6.07, 6.45) is 0. The van der Waals surface area contributed by atoms with Crippen molar-refractivity contribution in [1.29, 1.82) is 0 Å². The highest BCUT2D eigenvalue weighted by atomic mass is 79.9. The zero-order valence-corrected chi connectivity index (χ0v) is 14.0. The van der Waals surface area contributed by atoms with E-state index in [0.29, 0.717) is 23.2 Å². The summed E-state index contributed by atoms with van der Waals surface area (Å²) in [6, 6.07) is 7.24. The van der Waals surface area contributed by atoms with Crippen LogP contribution in [-0.4, -0.2) is 6.54 Å². The number of nitrogens with one attached hydrogen (secondary N) is 1. The Kier molecular flexibility index (Phi) is 5.36. The zero-order chi connectivity index (χ0) is 15.6. The fourth-order valence-corrected chi connectivity index (χ4v) is 2.87. The second-order valence-corrected chi connectivity index (χ2v) is 6.10. The summed E-state index contributed by atoms with van der Waals surface area (Å²) >= 11 is 9.51. The van der Waals surface area contributed by atoms with Crippen LogP contribution in [0, 0.1) is 18.6 Å². The summed E-state index contributed by atoms with van der Waals surface area (Å²) in [5, 5.41) is 3.48. The molecule has 0 aromatic heterocycles. The highest BCUT2D eigenvalue weighted by molar-refractivity contribution is 9.10. The van der Waals surface area contributed by atoms with Gasteiger partial charge in [-0.3, -0.25) is 0 Å². The zero-order valence-electron chi connectivity index (χ0n) is 11.7. The van der Waals surface area contributed by atoms with Gasteiger partial charge in [-0.1, -0.05) is 34.5 Å². The van der Waals surface area contributed by atoms with Crippen LogP contribution >= 0.6 is 27.5 Å². The quantitative estimate of drug-likeness (QED) is 0.757. The number of rotatable bonds is 4. The van der Waals surface area contributed by atoms with Gasteiger partial charge in [-0.15, -0.1) is 0 Å². The summed E-state index contributed by atoms with van der Waals surface area (Å²) in [4.78, 5) is 0. The first-order valence-electron chi connectivity index (χ1n) is 6.58. The van der Waals surface area contributed by atoms with Crippen molar-refractivity contribution in [3.63, 3.8) is 0 Å². The van der Waals surface area contributed by atoms with Crippen LogP contribution in [0.5, 0.6) is 0 Å². The van der Waals surface area contributed by atoms with E-state index in [0.717, 1.165) is 4.47 Å². The smallest absolute Gasteiger partial charge is 0.128 e. The van der Waals surface area contributed by atoms with Gasteiger partial charge in [0.2, 0.25) is 0 Å². The van der Waals surface area contributed by atoms with Crippen molar-refractivity contribution in [2.75, 3.05) is 6.54 Å². The van der Waals surface area contributed by atoms with Gasteiger partial charge in [0.15, 0.2) is 0 Å². The first-order valence-corrected chi connectivity index (χ1v) is 7.75. The summed E-state index contributed by atoms with van der Waals surface area (Å²) in [5.74, 6) is -0.698. The molecule has 0 saturated carbocycles.